The van der Waals surface area contributed by atoms with Gasteiger partial charge in [0.1, 0.15) is 5.75 Å². The summed E-state index contributed by atoms with van der Waals surface area (Å²) in [6.07, 6.45) is -10.1. The van der Waals surface area contributed by atoms with Gasteiger partial charge in [-0.05, 0) is 38.2 Å². The molecule has 0 saturated heterocycles. The average Bonchev–Trinajstić information content (AvgIpc) is 2.53. The van der Waals surface area contributed by atoms with Crippen LogP contribution < -0.4 is 28.9 Å². The topological polar surface area (TPSA) is 26.3 Å². The molecule has 26 heavy (non-hydrogen) atoms. The number of carbonyl (C=O) groups excluding carboxylic acids is 1. The first-order chi connectivity index (χ1) is 11.5. The van der Waals surface area contributed by atoms with Gasteiger partial charge in [-0.2, -0.15) is 26.3 Å². The van der Waals surface area contributed by atoms with E-state index in [1.807, 2.05) is 0 Å². The fraction of sp³-hybridized carbons (Fsp3) is 0.188. The number of carbonyl (C=O) groups is 1. The number of benzene rings is 2. The third kappa shape index (κ3) is 5.26. The van der Waals surface area contributed by atoms with E-state index in [0.29, 0.717) is 29.3 Å². The number of halogens is 6. The molecule has 10 heteroatoms. The molecule has 0 amide bonds. The van der Waals surface area contributed by atoms with Gasteiger partial charge >= 0.3 is 31.2 Å². The smallest absolute Gasteiger partial charge is 0.497 e. The van der Waals surface area contributed by atoms with Crippen molar-refractivity contribution in [1.29, 1.82) is 0 Å². The van der Waals surface area contributed by atoms with E-state index in [2.05, 4.69) is 0 Å². The van der Waals surface area contributed by atoms with Gasteiger partial charge in [0.15, 0.2) is 5.52 Å². The molecular formula is C16H11F6LiO2P+. The maximum absolute atomic E-state index is 13.1. The number of alkyl halides is 6. The summed E-state index contributed by atoms with van der Waals surface area (Å²) >= 11 is 0. The molecule has 1 unspecified atom stereocenters. The van der Waals surface area contributed by atoms with Gasteiger partial charge in [-0.25, -0.2) is 0 Å². The van der Waals surface area contributed by atoms with E-state index in [-0.39, 0.29) is 18.9 Å². The van der Waals surface area contributed by atoms with Crippen LogP contribution in [0.3, 0.4) is 0 Å². The van der Waals surface area contributed by atoms with Crippen molar-refractivity contribution in [3.63, 3.8) is 0 Å². The molecule has 2 nitrogen and oxygen atoms in total. The molecule has 0 N–H and O–H groups in total. The second-order valence-electron chi connectivity index (χ2n) is 4.91. The van der Waals surface area contributed by atoms with Crippen LogP contribution >= 0.6 is 8.58 Å². The second kappa shape index (κ2) is 8.47. The molecule has 0 heterocycles. The number of rotatable bonds is 4. The Morgan fingerprint density at radius 1 is 0.885 bits per heavy atom. The maximum Gasteiger partial charge on any atom is 1.00 e. The molecule has 1 atom stereocenters. The van der Waals surface area contributed by atoms with Crippen molar-refractivity contribution in [2.24, 2.45) is 0 Å². The van der Waals surface area contributed by atoms with E-state index >= 15 is 0 Å². The third-order valence-corrected chi connectivity index (χ3v) is 4.35. The van der Waals surface area contributed by atoms with Crippen LogP contribution in [0.25, 0.3) is 0 Å². The van der Waals surface area contributed by atoms with Crippen LogP contribution in [-0.4, -0.2) is 12.6 Å². The minimum absolute atomic E-state index is 0. The molecule has 0 aliphatic heterocycles. The Balaban J connectivity index is 0.00000338. The van der Waals surface area contributed by atoms with E-state index < -0.39 is 43.1 Å². The first-order valence-electron chi connectivity index (χ1n) is 6.77. The van der Waals surface area contributed by atoms with E-state index in [1.165, 1.54) is 31.4 Å². The van der Waals surface area contributed by atoms with Gasteiger partial charge in [0.2, 0.25) is 0 Å². The van der Waals surface area contributed by atoms with Gasteiger partial charge in [-0.3, -0.25) is 4.79 Å². The molecule has 2 aromatic carbocycles. The summed E-state index contributed by atoms with van der Waals surface area (Å²) in [4.78, 5) is 12.3. The van der Waals surface area contributed by atoms with Crippen LogP contribution in [-0.2, 0) is 12.4 Å². The molecular weight excluding hydrogens is 376 g/mol. The molecule has 0 radical (unpaired) electrons. The number of hydrogen-bond donors (Lipinski definition) is 0. The van der Waals surface area contributed by atoms with Crippen LogP contribution in [0.1, 0.15) is 21.5 Å². The summed E-state index contributed by atoms with van der Waals surface area (Å²) in [5, 5.41) is 0.302. The number of methoxy groups -OCH3 is 1. The van der Waals surface area contributed by atoms with Crippen molar-refractivity contribution in [3.05, 3.63) is 59.2 Å². The molecule has 0 spiro atoms. The van der Waals surface area contributed by atoms with Crippen LogP contribution in [0, 0.1) is 0 Å². The molecule has 0 aliphatic rings. The standard InChI is InChI=1S/C16H11F6O2P.Li/c1-24-9-5-7-10(8-6-9)25-14(23)13-11(15(17,18)19)3-2-4-12(13)16(20,21)22;/h2-8,25H,1H3;/q;+1. The molecule has 0 bridgehead atoms. The Hall–Kier alpha value is -1.48. The normalized spacial score (nSPS) is 12.1. The van der Waals surface area contributed by atoms with E-state index in [0.717, 1.165) is 0 Å². The Bertz CT molecular complexity index is 740. The van der Waals surface area contributed by atoms with Gasteiger partial charge in [0, 0.05) is 5.56 Å². The van der Waals surface area contributed by atoms with E-state index in [1.54, 1.807) is 0 Å². The fourth-order valence-corrected chi connectivity index (χ4v) is 3.13. The molecule has 134 valence electrons. The van der Waals surface area contributed by atoms with Crippen LogP contribution in [0.5, 0.6) is 5.75 Å². The van der Waals surface area contributed by atoms with E-state index in [9.17, 15) is 31.1 Å². The Labute approximate surface area is 158 Å². The quantitative estimate of drug-likeness (QED) is 0.455. The molecule has 0 aliphatic carbocycles. The van der Waals surface area contributed by atoms with Gasteiger partial charge in [-0.1, -0.05) is 18.2 Å². The second-order valence-corrected chi connectivity index (χ2v) is 6.19. The predicted molar refractivity (Wildman–Crippen MR) is 81.7 cm³/mol. The number of ether oxygens (including phenoxy) is 1. The summed E-state index contributed by atoms with van der Waals surface area (Å²) < 4.78 is 83.4. The molecule has 0 aromatic heterocycles. The van der Waals surface area contributed by atoms with Crippen molar-refractivity contribution < 1.29 is 54.7 Å². The first-order valence-corrected chi connectivity index (χ1v) is 7.77. The van der Waals surface area contributed by atoms with Crippen molar-refractivity contribution in [3.8, 4) is 5.75 Å². The summed E-state index contributed by atoms with van der Waals surface area (Å²) in [5.41, 5.74) is -5.76. The van der Waals surface area contributed by atoms with Crippen LogP contribution in [0.15, 0.2) is 42.5 Å². The zero-order valence-corrected chi connectivity index (χ0v) is 14.6. The summed E-state index contributed by atoms with van der Waals surface area (Å²) in [6, 6.07) is 7.35. The fourth-order valence-electron chi connectivity index (χ4n) is 2.14. The predicted octanol–water partition coefficient (Wildman–Crippen LogP) is 1.88. The zero-order chi connectivity index (χ0) is 18.8. The van der Waals surface area contributed by atoms with Crippen molar-refractivity contribution in [2.45, 2.75) is 12.4 Å². The SMILES string of the molecule is COc1ccc(PC(=O)c2c(C(F)(F)F)cccc2C(F)(F)F)cc1.[Li+]. The minimum Gasteiger partial charge on any atom is -0.497 e. The van der Waals surface area contributed by atoms with Crippen molar-refractivity contribution in [1.82, 2.24) is 0 Å². The Morgan fingerprint density at radius 2 is 1.35 bits per heavy atom. The van der Waals surface area contributed by atoms with Crippen molar-refractivity contribution >= 4 is 19.4 Å². The van der Waals surface area contributed by atoms with Crippen LogP contribution in [0.4, 0.5) is 26.3 Å². The Kier molecular flexibility index (Phi) is 7.35. The first kappa shape index (κ1) is 22.6. The van der Waals surface area contributed by atoms with Gasteiger partial charge in [0.25, 0.3) is 0 Å². The summed E-state index contributed by atoms with van der Waals surface area (Å²) in [5.74, 6) is 0.452. The molecule has 2 aromatic rings. The summed E-state index contributed by atoms with van der Waals surface area (Å²) in [6.45, 7) is 0. The van der Waals surface area contributed by atoms with Gasteiger partial charge < -0.3 is 4.74 Å². The average molecular weight is 387 g/mol. The van der Waals surface area contributed by atoms with Gasteiger partial charge in [0.05, 0.1) is 18.2 Å². The molecule has 0 fully saturated rings. The molecule has 0 saturated carbocycles. The monoisotopic (exact) mass is 387 g/mol. The Morgan fingerprint density at radius 3 is 1.73 bits per heavy atom. The minimum atomic E-state index is -5.07. The largest absolute Gasteiger partial charge is 1.00 e. The van der Waals surface area contributed by atoms with Gasteiger partial charge in [-0.15, -0.1) is 0 Å². The van der Waals surface area contributed by atoms with Crippen LogP contribution in [0.2, 0.25) is 0 Å². The van der Waals surface area contributed by atoms with Crippen molar-refractivity contribution in [2.75, 3.05) is 7.11 Å². The number of hydrogen-bond acceptors (Lipinski definition) is 2. The zero-order valence-electron chi connectivity index (χ0n) is 13.6. The maximum atomic E-state index is 13.1. The third-order valence-electron chi connectivity index (χ3n) is 3.25. The summed E-state index contributed by atoms with van der Waals surface area (Å²) in [7, 11) is 0.510. The molecule has 2 rings (SSSR count). The van der Waals surface area contributed by atoms with E-state index in [4.69, 9.17) is 4.74 Å².